The van der Waals surface area contributed by atoms with Crippen molar-refractivity contribution in [2.45, 2.75) is 46.5 Å². The molecule has 0 spiro atoms. The maximum Gasteiger partial charge on any atom is 0.133 e. The predicted octanol–water partition coefficient (Wildman–Crippen LogP) is 2.79. The first-order valence-corrected chi connectivity index (χ1v) is 4.52. The maximum atomic E-state index is 11.1. The van der Waals surface area contributed by atoms with Crippen molar-refractivity contribution >= 4 is 5.78 Å². The molecule has 0 aromatic rings. The van der Waals surface area contributed by atoms with E-state index in [0.717, 1.165) is 19.3 Å². The fraction of sp³-hybridized carbons (Fsp3) is 0.900. The summed E-state index contributed by atoms with van der Waals surface area (Å²) in [5.74, 6) is 1.10. The van der Waals surface area contributed by atoms with E-state index in [0.29, 0.717) is 17.1 Å². The number of ketones is 1. The summed E-state index contributed by atoms with van der Waals surface area (Å²) >= 11 is 0. The number of carbonyl (C=O) groups excluding carboxylic acids is 1. The van der Waals surface area contributed by atoms with Gasteiger partial charge in [-0.1, -0.05) is 20.8 Å². The van der Waals surface area contributed by atoms with Gasteiger partial charge in [-0.25, -0.2) is 0 Å². The standard InChI is InChI=1S/C10H18O/c1-10(2,3)8-5-4-6-9(11)7-8/h8H,4-7H2,1-3H3. The lowest BCUT2D eigenvalue weighted by Gasteiger charge is -2.32. The van der Waals surface area contributed by atoms with Crippen LogP contribution in [0.1, 0.15) is 46.5 Å². The highest BCUT2D eigenvalue weighted by Crippen LogP contribution is 2.36. The fourth-order valence-electron chi connectivity index (χ4n) is 1.76. The van der Waals surface area contributed by atoms with E-state index < -0.39 is 0 Å². The lowest BCUT2D eigenvalue weighted by atomic mass is 9.72. The molecule has 1 aliphatic rings. The van der Waals surface area contributed by atoms with Crippen molar-refractivity contribution in [1.29, 1.82) is 0 Å². The van der Waals surface area contributed by atoms with Gasteiger partial charge >= 0.3 is 0 Å². The molecule has 1 heteroatoms. The molecule has 1 aliphatic carbocycles. The van der Waals surface area contributed by atoms with Crippen LogP contribution in [0.15, 0.2) is 0 Å². The Morgan fingerprint density at radius 2 is 2.00 bits per heavy atom. The van der Waals surface area contributed by atoms with Crippen molar-refractivity contribution < 1.29 is 4.79 Å². The molecule has 0 saturated heterocycles. The first-order valence-electron chi connectivity index (χ1n) is 4.52. The predicted molar refractivity (Wildman–Crippen MR) is 46.4 cm³/mol. The van der Waals surface area contributed by atoms with Gasteiger partial charge < -0.3 is 0 Å². The van der Waals surface area contributed by atoms with E-state index in [9.17, 15) is 4.79 Å². The van der Waals surface area contributed by atoms with Crippen LogP contribution >= 0.6 is 0 Å². The topological polar surface area (TPSA) is 17.1 Å². The molecule has 0 aromatic carbocycles. The minimum absolute atomic E-state index is 0.329. The molecular weight excluding hydrogens is 136 g/mol. The van der Waals surface area contributed by atoms with Crippen molar-refractivity contribution in [2.24, 2.45) is 11.3 Å². The van der Waals surface area contributed by atoms with Crippen molar-refractivity contribution in [3.63, 3.8) is 0 Å². The molecule has 1 rings (SSSR count). The van der Waals surface area contributed by atoms with Crippen LogP contribution < -0.4 is 0 Å². The molecular formula is C10H18O. The lowest BCUT2D eigenvalue weighted by Crippen LogP contribution is -2.26. The molecule has 0 amide bonds. The molecule has 1 nitrogen and oxygen atoms in total. The Kier molecular flexibility index (Phi) is 2.36. The second-order valence-corrected chi connectivity index (χ2v) is 4.70. The van der Waals surface area contributed by atoms with Gasteiger partial charge in [0, 0.05) is 12.8 Å². The summed E-state index contributed by atoms with van der Waals surface area (Å²) in [5, 5.41) is 0. The number of carbonyl (C=O) groups is 1. The molecule has 64 valence electrons. The van der Waals surface area contributed by atoms with Gasteiger partial charge in [0.2, 0.25) is 0 Å². The van der Waals surface area contributed by atoms with Crippen LogP contribution in [-0.2, 0) is 4.79 Å². The summed E-state index contributed by atoms with van der Waals surface area (Å²) in [6.07, 6.45) is 4.01. The average molecular weight is 154 g/mol. The van der Waals surface area contributed by atoms with Crippen molar-refractivity contribution in [1.82, 2.24) is 0 Å². The van der Waals surface area contributed by atoms with Crippen LogP contribution in [0.4, 0.5) is 0 Å². The second-order valence-electron chi connectivity index (χ2n) is 4.70. The van der Waals surface area contributed by atoms with Gasteiger partial charge in [-0.2, -0.15) is 0 Å². The van der Waals surface area contributed by atoms with Crippen molar-refractivity contribution in [2.75, 3.05) is 0 Å². The summed E-state index contributed by atoms with van der Waals surface area (Å²) in [5.41, 5.74) is 0.329. The molecule has 0 heterocycles. The van der Waals surface area contributed by atoms with E-state index >= 15 is 0 Å². The Labute approximate surface area is 69.2 Å². The van der Waals surface area contributed by atoms with E-state index in [1.807, 2.05) is 0 Å². The van der Waals surface area contributed by atoms with E-state index in [4.69, 9.17) is 0 Å². The van der Waals surface area contributed by atoms with Gasteiger partial charge in [-0.05, 0) is 24.2 Å². The van der Waals surface area contributed by atoms with Crippen LogP contribution in [0, 0.1) is 11.3 Å². The smallest absolute Gasteiger partial charge is 0.133 e. The number of hydrogen-bond donors (Lipinski definition) is 0. The first-order chi connectivity index (χ1) is 5.00. The number of rotatable bonds is 0. The van der Waals surface area contributed by atoms with Crippen LogP contribution in [-0.4, -0.2) is 5.78 Å². The maximum absolute atomic E-state index is 11.1. The molecule has 0 radical (unpaired) electrons. The van der Waals surface area contributed by atoms with E-state index in [1.54, 1.807) is 0 Å². The quantitative estimate of drug-likeness (QED) is 0.524. The fourth-order valence-corrected chi connectivity index (χ4v) is 1.76. The molecule has 1 saturated carbocycles. The zero-order valence-electron chi connectivity index (χ0n) is 7.81. The normalized spacial score (nSPS) is 27.2. The SMILES string of the molecule is CC(C)(C)C1CCCC(=O)C1. The first kappa shape index (κ1) is 8.76. The molecule has 0 aromatic heterocycles. The van der Waals surface area contributed by atoms with Crippen LogP contribution in [0.5, 0.6) is 0 Å². The third-order valence-electron chi connectivity index (χ3n) is 2.71. The van der Waals surface area contributed by atoms with Gasteiger partial charge in [-0.15, -0.1) is 0 Å². The summed E-state index contributed by atoms with van der Waals surface area (Å²) < 4.78 is 0. The summed E-state index contributed by atoms with van der Waals surface area (Å²) in [6, 6.07) is 0. The minimum atomic E-state index is 0.329. The van der Waals surface area contributed by atoms with E-state index in [1.165, 1.54) is 6.42 Å². The molecule has 11 heavy (non-hydrogen) atoms. The van der Waals surface area contributed by atoms with Crippen LogP contribution in [0.25, 0.3) is 0 Å². The van der Waals surface area contributed by atoms with Gasteiger partial charge in [0.15, 0.2) is 0 Å². The third kappa shape index (κ3) is 2.32. The van der Waals surface area contributed by atoms with Crippen molar-refractivity contribution in [3.8, 4) is 0 Å². The molecule has 1 atom stereocenters. The number of Topliss-reactive ketones (excluding diaryl/α,β-unsaturated/α-hetero) is 1. The largest absolute Gasteiger partial charge is 0.300 e. The number of hydrogen-bond acceptors (Lipinski definition) is 1. The monoisotopic (exact) mass is 154 g/mol. The Balaban J connectivity index is 2.53. The zero-order valence-corrected chi connectivity index (χ0v) is 7.81. The highest BCUT2D eigenvalue weighted by atomic mass is 16.1. The Morgan fingerprint density at radius 1 is 1.36 bits per heavy atom. The van der Waals surface area contributed by atoms with Crippen LogP contribution in [0.2, 0.25) is 0 Å². The zero-order chi connectivity index (χ0) is 8.48. The molecule has 1 fully saturated rings. The second kappa shape index (κ2) is 2.96. The third-order valence-corrected chi connectivity index (χ3v) is 2.71. The average Bonchev–Trinajstić information content (AvgIpc) is 1.86. The van der Waals surface area contributed by atoms with E-state index in [-0.39, 0.29) is 0 Å². The molecule has 0 aliphatic heterocycles. The van der Waals surface area contributed by atoms with E-state index in [2.05, 4.69) is 20.8 Å². The minimum Gasteiger partial charge on any atom is -0.300 e. The Morgan fingerprint density at radius 3 is 2.36 bits per heavy atom. The molecule has 1 unspecified atom stereocenters. The highest BCUT2D eigenvalue weighted by molar-refractivity contribution is 5.79. The summed E-state index contributed by atoms with van der Waals surface area (Å²) in [7, 11) is 0. The molecule has 0 bridgehead atoms. The Bertz CT molecular complexity index is 153. The van der Waals surface area contributed by atoms with Gasteiger partial charge in [0.05, 0.1) is 0 Å². The molecule has 0 N–H and O–H groups in total. The van der Waals surface area contributed by atoms with Crippen molar-refractivity contribution in [3.05, 3.63) is 0 Å². The highest BCUT2D eigenvalue weighted by Gasteiger charge is 2.29. The van der Waals surface area contributed by atoms with Gasteiger partial charge in [-0.3, -0.25) is 4.79 Å². The van der Waals surface area contributed by atoms with Crippen LogP contribution in [0.3, 0.4) is 0 Å². The summed E-state index contributed by atoms with van der Waals surface area (Å²) in [6.45, 7) is 6.70. The van der Waals surface area contributed by atoms with Gasteiger partial charge in [0.25, 0.3) is 0 Å². The summed E-state index contributed by atoms with van der Waals surface area (Å²) in [4.78, 5) is 11.1. The lowest BCUT2D eigenvalue weighted by molar-refractivity contribution is -0.122. The Hall–Kier alpha value is -0.330. The van der Waals surface area contributed by atoms with Gasteiger partial charge in [0.1, 0.15) is 5.78 Å².